The van der Waals surface area contributed by atoms with E-state index in [4.69, 9.17) is 13.9 Å². The van der Waals surface area contributed by atoms with Crippen LogP contribution >= 0.6 is 0 Å². The molecule has 2 amide bonds. The molecule has 1 aromatic carbocycles. The van der Waals surface area contributed by atoms with Gasteiger partial charge in [-0.3, -0.25) is 24.1 Å². The van der Waals surface area contributed by atoms with Crippen LogP contribution in [0.1, 0.15) is 40.7 Å². The van der Waals surface area contributed by atoms with E-state index in [1.807, 2.05) is 13.0 Å². The predicted molar refractivity (Wildman–Crippen MR) is 112 cm³/mol. The van der Waals surface area contributed by atoms with Crippen molar-refractivity contribution in [2.24, 2.45) is 11.8 Å². The van der Waals surface area contributed by atoms with Crippen LogP contribution in [-0.4, -0.2) is 47.6 Å². The molecule has 9 heteroatoms. The van der Waals surface area contributed by atoms with E-state index in [0.717, 1.165) is 10.5 Å². The van der Waals surface area contributed by atoms with Crippen molar-refractivity contribution in [1.82, 2.24) is 4.90 Å². The van der Waals surface area contributed by atoms with Crippen molar-refractivity contribution in [2.75, 3.05) is 13.2 Å². The Hall–Kier alpha value is -4.01. The number of Topliss-reactive ketones (excluding diaryl/α,β-unsaturated/α-hetero) is 1. The Morgan fingerprint density at radius 3 is 2.48 bits per heavy atom. The molecule has 0 spiro atoms. The smallest absolute Gasteiger partial charge is 0.379 e. The third-order valence-electron chi connectivity index (χ3n) is 5.67. The average molecular weight is 451 g/mol. The van der Waals surface area contributed by atoms with Crippen molar-refractivity contribution in [3.8, 4) is 5.75 Å². The number of amides is 2. The van der Waals surface area contributed by atoms with Crippen molar-refractivity contribution in [3.05, 3.63) is 65.6 Å². The Kier molecular flexibility index (Phi) is 6.21. The average Bonchev–Trinajstić information content (AvgIpc) is 3.42. The number of furan rings is 1. The molecule has 1 aromatic heterocycles. The second-order valence-electron chi connectivity index (χ2n) is 7.94. The molecule has 1 fully saturated rings. The maximum Gasteiger partial charge on any atom is 0.379 e. The normalized spacial score (nSPS) is 19.7. The van der Waals surface area contributed by atoms with Crippen LogP contribution in [0.3, 0.4) is 0 Å². The van der Waals surface area contributed by atoms with Gasteiger partial charge >= 0.3 is 11.9 Å². The zero-order valence-corrected chi connectivity index (χ0v) is 17.8. The molecule has 2 aliphatic rings. The van der Waals surface area contributed by atoms with Crippen molar-refractivity contribution in [1.29, 1.82) is 0 Å². The lowest BCUT2D eigenvalue weighted by Crippen LogP contribution is -2.37. The summed E-state index contributed by atoms with van der Waals surface area (Å²) in [4.78, 5) is 62.3. The summed E-state index contributed by atoms with van der Waals surface area (Å²) in [6.45, 7) is 0.846. The molecule has 0 saturated carbocycles. The highest BCUT2D eigenvalue weighted by Gasteiger charge is 2.48. The Labute approximate surface area is 188 Å². The number of fused-ring (bicyclic) bond motifs is 1. The number of rotatable bonds is 7. The molecule has 0 bridgehead atoms. The molecule has 0 N–H and O–H groups in total. The van der Waals surface area contributed by atoms with Crippen LogP contribution in [0.2, 0.25) is 0 Å². The number of allylic oxidation sites excluding steroid dienone is 2. The summed E-state index contributed by atoms with van der Waals surface area (Å²) >= 11 is 0. The van der Waals surface area contributed by atoms with Gasteiger partial charge in [-0.2, -0.15) is 0 Å². The molecule has 2 heterocycles. The highest BCUT2D eigenvalue weighted by Crippen LogP contribution is 2.37. The van der Waals surface area contributed by atoms with Gasteiger partial charge in [-0.15, -0.1) is 0 Å². The number of ketones is 1. The van der Waals surface area contributed by atoms with Gasteiger partial charge in [0.15, 0.2) is 12.4 Å². The third kappa shape index (κ3) is 4.77. The molecule has 9 nitrogen and oxygen atoms in total. The third-order valence-corrected chi connectivity index (χ3v) is 5.67. The molecule has 1 saturated heterocycles. The lowest BCUT2D eigenvalue weighted by atomic mass is 9.82. The SMILES string of the molecule is CC1=CCC2C(=O)N(CC(=O)OCC(=O)c3ccc(OC(=O)c4ccco4)cc3)C(=O)C2C1. The number of hydrogen-bond donors (Lipinski definition) is 0. The minimum absolute atomic E-state index is 0.0441. The van der Waals surface area contributed by atoms with Crippen LogP contribution in [-0.2, 0) is 19.1 Å². The van der Waals surface area contributed by atoms with E-state index >= 15 is 0 Å². The van der Waals surface area contributed by atoms with Crippen molar-refractivity contribution >= 4 is 29.5 Å². The molecular formula is C24H21NO8. The summed E-state index contributed by atoms with van der Waals surface area (Å²) < 4.78 is 15.1. The maximum absolute atomic E-state index is 12.5. The van der Waals surface area contributed by atoms with Crippen LogP contribution in [0, 0.1) is 11.8 Å². The second kappa shape index (κ2) is 9.23. The first-order chi connectivity index (χ1) is 15.8. The lowest BCUT2D eigenvalue weighted by Gasteiger charge is -2.19. The predicted octanol–water partition coefficient (Wildman–Crippen LogP) is 2.57. The molecule has 2 atom stereocenters. The Balaban J connectivity index is 1.27. The zero-order valence-electron chi connectivity index (χ0n) is 17.8. The summed E-state index contributed by atoms with van der Waals surface area (Å²) in [6.07, 6.45) is 4.28. The highest BCUT2D eigenvalue weighted by molar-refractivity contribution is 6.07. The molecular weight excluding hydrogens is 430 g/mol. The minimum Gasteiger partial charge on any atom is -0.457 e. The van der Waals surface area contributed by atoms with Gasteiger partial charge in [-0.05, 0) is 56.2 Å². The highest BCUT2D eigenvalue weighted by atomic mass is 16.5. The van der Waals surface area contributed by atoms with Gasteiger partial charge in [0.25, 0.3) is 0 Å². The van der Waals surface area contributed by atoms with Gasteiger partial charge in [0.2, 0.25) is 17.6 Å². The fourth-order valence-corrected chi connectivity index (χ4v) is 3.93. The van der Waals surface area contributed by atoms with Gasteiger partial charge in [0, 0.05) is 5.56 Å². The van der Waals surface area contributed by atoms with Gasteiger partial charge in [-0.1, -0.05) is 11.6 Å². The Morgan fingerprint density at radius 2 is 1.79 bits per heavy atom. The number of hydrogen-bond acceptors (Lipinski definition) is 8. The number of carbonyl (C=O) groups excluding carboxylic acids is 5. The number of ether oxygens (including phenoxy) is 2. The topological polar surface area (TPSA) is 120 Å². The number of likely N-dealkylation sites (tertiary alicyclic amines) is 1. The summed E-state index contributed by atoms with van der Waals surface area (Å²) in [5.74, 6) is -3.36. The quantitative estimate of drug-likeness (QED) is 0.207. The van der Waals surface area contributed by atoms with Crippen molar-refractivity contribution in [3.63, 3.8) is 0 Å². The number of benzene rings is 1. The first kappa shape index (κ1) is 22.2. The van der Waals surface area contributed by atoms with Crippen LogP contribution in [0.25, 0.3) is 0 Å². The van der Waals surface area contributed by atoms with Gasteiger partial charge < -0.3 is 13.9 Å². The molecule has 1 aliphatic heterocycles. The van der Waals surface area contributed by atoms with E-state index < -0.39 is 42.7 Å². The number of carbonyl (C=O) groups is 5. The largest absolute Gasteiger partial charge is 0.457 e. The summed E-state index contributed by atoms with van der Waals surface area (Å²) in [7, 11) is 0. The number of esters is 2. The molecule has 4 rings (SSSR count). The first-order valence-electron chi connectivity index (χ1n) is 10.4. The van der Waals surface area contributed by atoms with E-state index in [1.54, 1.807) is 6.07 Å². The fraction of sp³-hybridized carbons (Fsp3) is 0.292. The Morgan fingerprint density at radius 1 is 1.06 bits per heavy atom. The molecule has 1 aliphatic carbocycles. The van der Waals surface area contributed by atoms with Crippen molar-refractivity contribution in [2.45, 2.75) is 19.8 Å². The van der Waals surface area contributed by atoms with Gasteiger partial charge in [0.1, 0.15) is 12.3 Å². The molecule has 33 heavy (non-hydrogen) atoms. The minimum atomic E-state index is -0.836. The maximum atomic E-state index is 12.5. The fourth-order valence-electron chi connectivity index (χ4n) is 3.93. The molecule has 170 valence electrons. The monoisotopic (exact) mass is 451 g/mol. The van der Waals surface area contributed by atoms with Crippen LogP contribution in [0.15, 0.2) is 58.7 Å². The van der Waals surface area contributed by atoms with E-state index in [0.29, 0.717) is 12.8 Å². The van der Waals surface area contributed by atoms with Crippen LogP contribution < -0.4 is 4.74 Å². The van der Waals surface area contributed by atoms with Gasteiger partial charge in [-0.25, -0.2) is 4.79 Å². The summed E-state index contributed by atoms with van der Waals surface area (Å²) in [5.41, 5.74) is 1.29. The lowest BCUT2D eigenvalue weighted by molar-refractivity contribution is -0.152. The number of nitrogens with zero attached hydrogens (tertiary/aromatic N) is 1. The van der Waals surface area contributed by atoms with Crippen LogP contribution in [0.4, 0.5) is 0 Å². The van der Waals surface area contributed by atoms with Gasteiger partial charge in [0.05, 0.1) is 18.1 Å². The molecule has 0 radical (unpaired) electrons. The van der Waals surface area contributed by atoms with E-state index in [2.05, 4.69) is 0 Å². The summed E-state index contributed by atoms with van der Waals surface area (Å²) in [5, 5.41) is 0. The van der Waals surface area contributed by atoms with E-state index in [1.165, 1.54) is 36.6 Å². The first-order valence-corrected chi connectivity index (χ1v) is 10.4. The molecule has 2 unspecified atom stereocenters. The second-order valence-corrected chi connectivity index (χ2v) is 7.94. The molecule has 2 aromatic rings. The van der Waals surface area contributed by atoms with Crippen LogP contribution in [0.5, 0.6) is 5.75 Å². The van der Waals surface area contributed by atoms with E-state index in [-0.39, 0.29) is 28.9 Å². The summed E-state index contributed by atoms with van der Waals surface area (Å²) in [6, 6.07) is 8.72. The Bertz CT molecular complexity index is 1130. The standard InChI is InChI=1S/C24H21NO8/c1-14-4-9-17-18(11-14)23(29)25(22(17)28)12-21(27)32-13-19(26)15-5-7-16(8-6-15)33-24(30)20-3-2-10-31-20/h2-8,10,17-18H,9,11-13H2,1H3. The zero-order chi connectivity index (χ0) is 23.5. The van der Waals surface area contributed by atoms with Crippen molar-refractivity contribution < 1.29 is 37.9 Å². The number of imide groups is 1. The van der Waals surface area contributed by atoms with E-state index in [9.17, 15) is 24.0 Å².